The van der Waals surface area contributed by atoms with Crippen LogP contribution in [0.1, 0.15) is 26.2 Å². The molecule has 0 unspecified atom stereocenters. The van der Waals surface area contributed by atoms with Crippen LogP contribution in [0.3, 0.4) is 0 Å². The molecule has 0 radical (unpaired) electrons. The molecule has 27 heavy (non-hydrogen) atoms. The molecule has 1 aromatic heterocycles. The molecule has 1 atom stereocenters. The van der Waals surface area contributed by atoms with Gasteiger partial charge in [0.15, 0.2) is 0 Å². The minimum absolute atomic E-state index is 0.247. The van der Waals surface area contributed by atoms with Crippen molar-refractivity contribution in [2.45, 2.75) is 42.0 Å². The Morgan fingerprint density at radius 2 is 1.89 bits per heavy atom. The Labute approximate surface area is 164 Å². The molecule has 0 aliphatic carbocycles. The van der Waals surface area contributed by atoms with Crippen molar-refractivity contribution < 1.29 is 8.42 Å². The highest BCUT2D eigenvalue weighted by molar-refractivity contribution is 7.91. The van der Waals surface area contributed by atoms with E-state index in [-0.39, 0.29) is 15.8 Å². The van der Waals surface area contributed by atoms with Gasteiger partial charge in [-0.15, -0.1) is 0 Å². The van der Waals surface area contributed by atoms with E-state index in [4.69, 9.17) is 11.6 Å². The van der Waals surface area contributed by atoms with Crippen LogP contribution in [0.2, 0.25) is 5.02 Å². The van der Waals surface area contributed by atoms with Crippen LogP contribution in [0.5, 0.6) is 0 Å². The topological polar surface area (TPSA) is 50.3 Å². The minimum Gasteiger partial charge on any atom is -0.367 e. The standard InChI is InChI=1S/C21H21ClN2O2S/c1-15-7-5-6-12-24(15)21-18-13-16(22)10-11-19(18)23-14-20(21)27(25,26)17-8-3-2-4-9-17/h2-4,8-11,13-15H,5-7,12H2,1H3/t15-/m0/s1. The Balaban J connectivity index is 2.02. The number of halogens is 1. The third kappa shape index (κ3) is 3.30. The van der Waals surface area contributed by atoms with Gasteiger partial charge in [-0.1, -0.05) is 29.8 Å². The number of sulfone groups is 1. The maximum atomic E-state index is 13.4. The zero-order valence-electron chi connectivity index (χ0n) is 15.1. The SMILES string of the molecule is C[C@H]1CCCCN1c1c(S(=O)(=O)c2ccccc2)cnc2ccc(Cl)cc12. The summed E-state index contributed by atoms with van der Waals surface area (Å²) in [5.41, 5.74) is 1.47. The number of anilines is 1. The van der Waals surface area contributed by atoms with E-state index in [1.54, 1.807) is 30.3 Å². The van der Waals surface area contributed by atoms with Crippen LogP contribution < -0.4 is 4.90 Å². The van der Waals surface area contributed by atoms with Crippen LogP contribution in [-0.4, -0.2) is 26.0 Å². The van der Waals surface area contributed by atoms with Gasteiger partial charge in [0.2, 0.25) is 9.84 Å². The Hall–Kier alpha value is -2.11. The van der Waals surface area contributed by atoms with E-state index in [9.17, 15) is 8.42 Å². The first-order valence-electron chi connectivity index (χ1n) is 9.13. The molecule has 1 fully saturated rings. The third-order valence-electron chi connectivity index (χ3n) is 5.20. The molecule has 2 heterocycles. The summed E-state index contributed by atoms with van der Waals surface area (Å²) in [7, 11) is -3.69. The highest BCUT2D eigenvalue weighted by atomic mass is 35.5. The third-order valence-corrected chi connectivity index (χ3v) is 7.21. The van der Waals surface area contributed by atoms with Gasteiger partial charge in [0, 0.05) is 29.2 Å². The summed E-state index contributed by atoms with van der Waals surface area (Å²) in [6, 6.07) is 14.2. The quantitative estimate of drug-likeness (QED) is 0.613. The molecule has 0 saturated carbocycles. The number of hydrogen-bond acceptors (Lipinski definition) is 4. The van der Waals surface area contributed by atoms with Crippen molar-refractivity contribution in [1.82, 2.24) is 4.98 Å². The van der Waals surface area contributed by atoms with E-state index in [1.165, 1.54) is 6.20 Å². The molecule has 4 nitrogen and oxygen atoms in total. The molecule has 1 aliphatic heterocycles. The van der Waals surface area contributed by atoms with Crippen molar-refractivity contribution >= 4 is 38.0 Å². The summed E-state index contributed by atoms with van der Waals surface area (Å²) in [6.45, 7) is 2.97. The fraction of sp³-hybridized carbons (Fsp3) is 0.286. The molecule has 6 heteroatoms. The van der Waals surface area contributed by atoms with E-state index in [0.29, 0.717) is 5.02 Å². The molecule has 0 N–H and O–H groups in total. The lowest BCUT2D eigenvalue weighted by Crippen LogP contribution is -2.38. The second-order valence-electron chi connectivity index (χ2n) is 6.99. The number of fused-ring (bicyclic) bond motifs is 1. The predicted octanol–water partition coefficient (Wildman–Crippen LogP) is 5.10. The van der Waals surface area contributed by atoms with Gasteiger partial charge in [0.1, 0.15) is 4.90 Å². The van der Waals surface area contributed by atoms with Crippen LogP contribution in [-0.2, 0) is 9.84 Å². The Bertz CT molecular complexity index is 1080. The molecule has 0 amide bonds. The van der Waals surface area contributed by atoms with Crippen molar-refractivity contribution in [3.63, 3.8) is 0 Å². The zero-order valence-corrected chi connectivity index (χ0v) is 16.7. The molecular formula is C21H21ClN2O2S. The molecule has 4 rings (SSSR count). The minimum atomic E-state index is -3.69. The smallest absolute Gasteiger partial charge is 0.210 e. The summed E-state index contributed by atoms with van der Waals surface area (Å²) in [4.78, 5) is 7.16. The lowest BCUT2D eigenvalue weighted by molar-refractivity contribution is 0.483. The van der Waals surface area contributed by atoms with Gasteiger partial charge in [-0.3, -0.25) is 4.98 Å². The summed E-state index contributed by atoms with van der Waals surface area (Å²) in [5, 5.41) is 1.36. The van der Waals surface area contributed by atoms with Gasteiger partial charge in [0.05, 0.1) is 16.1 Å². The number of benzene rings is 2. The molecule has 0 spiro atoms. The van der Waals surface area contributed by atoms with Crippen molar-refractivity contribution in [3.8, 4) is 0 Å². The summed E-state index contributed by atoms with van der Waals surface area (Å²) in [5.74, 6) is 0. The largest absolute Gasteiger partial charge is 0.367 e. The fourth-order valence-corrected chi connectivity index (χ4v) is 5.40. The van der Waals surface area contributed by atoms with Gasteiger partial charge in [-0.2, -0.15) is 0 Å². The summed E-state index contributed by atoms with van der Waals surface area (Å²) >= 11 is 6.25. The molecule has 3 aromatic rings. The number of hydrogen-bond donors (Lipinski definition) is 0. The van der Waals surface area contributed by atoms with Crippen LogP contribution in [0.25, 0.3) is 10.9 Å². The molecule has 0 bridgehead atoms. The molecule has 2 aromatic carbocycles. The van der Waals surface area contributed by atoms with Crippen LogP contribution in [0.4, 0.5) is 5.69 Å². The van der Waals surface area contributed by atoms with Gasteiger partial charge >= 0.3 is 0 Å². The highest BCUT2D eigenvalue weighted by Crippen LogP contribution is 2.39. The second-order valence-corrected chi connectivity index (χ2v) is 9.34. The van der Waals surface area contributed by atoms with E-state index >= 15 is 0 Å². The lowest BCUT2D eigenvalue weighted by atomic mass is 10.0. The van der Waals surface area contributed by atoms with E-state index < -0.39 is 9.84 Å². The first-order valence-corrected chi connectivity index (χ1v) is 11.0. The fourth-order valence-electron chi connectivity index (χ4n) is 3.78. The molecular weight excluding hydrogens is 380 g/mol. The van der Waals surface area contributed by atoms with Crippen molar-refractivity contribution in [3.05, 3.63) is 59.8 Å². The van der Waals surface area contributed by atoms with Gasteiger partial charge in [-0.25, -0.2) is 8.42 Å². The van der Waals surface area contributed by atoms with Gasteiger partial charge < -0.3 is 4.90 Å². The normalized spacial score (nSPS) is 18.0. The molecule has 140 valence electrons. The Morgan fingerprint density at radius 1 is 1.11 bits per heavy atom. The second kappa shape index (κ2) is 7.13. The van der Waals surface area contributed by atoms with Gasteiger partial charge in [0.25, 0.3) is 0 Å². The number of aromatic nitrogens is 1. The Kier molecular flexibility index (Phi) is 4.82. The van der Waals surface area contributed by atoms with Crippen molar-refractivity contribution in [2.24, 2.45) is 0 Å². The molecule has 1 saturated heterocycles. The average molecular weight is 401 g/mol. The van der Waals surface area contributed by atoms with Crippen molar-refractivity contribution in [1.29, 1.82) is 0 Å². The molecule has 1 aliphatic rings. The zero-order chi connectivity index (χ0) is 19.0. The lowest BCUT2D eigenvalue weighted by Gasteiger charge is -2.37. The predicted molar refractivity (Wildman–Crippen MR) is 109 cm³/mol. The maximum absolute atomic E-state index is 13.4. The van der Waals surface area contributed by atoms with Crippen molar-refractivity contribution in [2.75, 3.05) is 11.4 Å². The monoisotopic (exact) mass is 400 g/mol. The highest BCUT2D eigenvalue weighted by Gasteiger charge is 2.30. The first-order chi connectivity index (χ1) is 13.0. The van der Waals surface area contributed by atoms with E-state index in [2.05, 4.69) is 16.8 Å². The number of nitrogens with zero attached hydrogens (tertiary/aromatic N) is 2. The number of rotatable bonds is 3. The van der Waals surface area contributed by atoms with E-state index in [1.807, 2.05) is 18.2 Å². The number of pyridine rings is 1. The maximum Gasteiger partial charge on any atom is 0.210 e. The summed E-state index contributed by atoms with van der Waals surface area (Å²) < 4.78 is 26.9. The summed E-state index contributed by atoms with van der Waals surface area (Å²) in [6.07, 6.45) is 4.73. The first kappa shape index (κ1) is 18.3. The van der Waals surface area contributed by atoms with E-state index in [0.717, 1.165) is 42.4 Å². The van der Waals surface area contributed by atoms with Crippen LogP contribution >= 0.6 is 11.6 Å². The van der Waals surface area contributed by atoms with Crippen LogP contribution in [0, 0.1) is 0 Å². The van der Waals surface area contributed by atoms with Crippen LogP contribution in [0.15, 0.2) is 64.5 Å². The Morgan fingerprint density at radius 3 is 2.63 bits per heavy atom. The van der Waals surface area contributed by atoms with Gasteiger partial charge in [-0.05, 0) is 56.5 Å². The number of piperidine rings is 1. The average Bonchev–Trinajstić information content (AvgIpc) is 2.68.